The molecule has 1 aliphatic rings. The molecule has 0 saturated carbocycles. The second-order valence-electron chi connectivity index (χ2n) is 5.92. The van der Waals surface area contributed by atoms with Gasteiger partial charge >= 0.3 is 0 Å². The number of anilines is 1. The number of nitrogens with two attached hydrogens (primary N) is 1. The average Bonchev–Trinajstić information content (AvgIpc) is 2.96. The van der Waals surface area contributed by atoms with Crippen molar-refractivity contribution in [1.82, 2.24) is 9.88 Å². The summed E-state index contributed by atoms with van der Waals surface area (Å²) in [6, 6.07) is 6.62. The maximum Gasteiger partial charge on any atom is 0.298 e. The third-order valence-electron chi connectivity index (χ3n) is 4.17. The molecule has 8 heteroatoms. The Morgan fingerprint density at radius 2 is 1.96 bits per heavy atom. The Balaban J connectivity index is 0.00000144. The number of rotatable bonds is 3. The van der Waals surface area contributed by atoms with Crippen LogP contribution in [0.5, 0.6) is 0 Å². The fourth-order valence-corrected chi connectivity index (χ4v) is 2.69. The van der Waals surface area contributed by atoms with Crippen LogP contribution in [0.2, 0.25) is 0 Å². The third kappa shape index (κ3) is 4.12. The molecule has 6 nitrogen and oxygen atoms in total. The number of benzene rings is 1. The van der Waals surface area contributed by atoms with Crippen molar-refractivity contribution >= 4 is 47.8 Å². The zero-order valence-corrected chi connectivity index (χ0v) is 15.5. The molecule has 24 heavy (non-hydrogen) atoms. The molecule has 1 aromatic carbocycles. The molecule has 2 N–H and O–H groups in total. The number of nitrogens with zero attached hydrogens (tertiary/aromatic N) is 3. The second-order valence-corrected chi connectivity index (χ2v) is 5.92. The monoisotopic (exact) mass is 374 g/mol. The number of aryl methyl sites for hydroxylation is 1. The second kappa shape index (κ2) is 8.55. The van der Waals surface area contributed by atoms with Crippen molar-refractivity contribution in [2.75, 3.05) is 37.6 Å². The third-order valence-corrected chi connectivity index (χ3v) is 4.17. The molecule has 1 aromatic heterocycles. The largest absolute Gasteiger partial charge is 0.423 e. The maximum absolute atomic E-state index is 12.1. The highest BCUT2D eigenvalue weighted by Gasteiger charge is 2.26. The fraction of sp³-hybridized carbons (Fsp3) is 0.500. The van der Waals surface area contributed by atoms with Gasteiger partial charge in [0.15, 0.2) is 5.58 Å². The predicted octanol–water partition coefficient (Wildman–Crippen LogP) is 2.22. The van der Waals surface area contributed by atoms with E-state index in [4.69, 9.17) is 10.2 Å². The van der Waals surface area contributed by atoms with Crippen LogP contribution in [0.3, 0.4) is 0 Å². The molecule has 0 aliphatic carbocycles. The van der Waals surface area contributed by atoms with Gasteiger partial charge in [-0.2, -0.15) is 4.98 Å². The number of halogens is 2. The van der Waals surface area contributed by atoms with Crippen LogP contribution in [0.15, 0.2) is 22.6 Å². The number of hydrogen-bond acceptors (Lipinski definition) is 5. The van der Waals surface area contributed by atoms with E-state index in [1.54, 1.807) is 0 Å². The molecule has 1 fully saturated rings. The predicted molar refractivity (Wildman–Crippen MR) is 100 cm³/mol. The van der Waals surface area contributed by atoms with Gasteiger partial charge in [0.05, 0.1) is 0 Å². The molecule has 1 atom stereocenters. The topological polar surface area (TPSA) is 75.6 Å². The van der Waals surface area contributed by atoms with E-state index >= 15 is 0 Å². The molecule has 134 valence electrons. The van der Waals surface area contributed by atoms with Crippen LogP contribution < -0.4 is 10.6 Å². The lowest BCUT2D eigenvalue weighted by Crippen LogP contribution is -2.51. The first-order valence-electron chi connectivity index (χ1n) is 7.69. The summed E-state index contributed by atoms with van der Waals surface area (Å²) in [6.45, 7) is 7.13. The molecule has 1 amide bonds. The Bertz CT molecular complexity index is 684. The van der Waals surface area contributed by atoms with Gasteiger partial charge < -0.3 is 20.0 Å². The standard InChI is InChI=1S/C16H22N4O2.2ClH/c1-11-3-4-14-13(9-11)18-16(22-14)20-7-5-19(6-8-20)15(21)12(2)10-17;;/h3-4,9,12H,5-8,10,17H2,1-2H3;2*1H. The van der Waals surface area contributed by atoms with Crippen LogP contribution in [0.25, 0.3) is 11.1 Å². The van der Waals surface area contributed by atoms with Crippen LogP contribution in [0.1, 0.15) is 12.5 Å². The number of amides is 1. The maximum atomic E-state index is 12.1. The smallest absolute Gasteiger partial charge is 0.298 e. The van der Waals surface area contributed by atoms with E-state index in [9.17, 15) is 4.79 Å². The first-order chi connectivity index (χ1) is 10.6. The van der Waals surface area contributed by atoms with Gasteiger partial charge in [-0.15, -0.1) is 24.8 Å². The molecule has 2 heterocycles. The van der Waals surface area contributed by atoms with Gasteiger partial charge in [0, 0.05) is 38.6 Å². The van der Waals surface area contributed by atoms with E-state index < -0.39 is 0 Å². The van der Waals surface area contributed by atoms with Gasteiger partial charge in [0.1, 0.15) is 5.52 Å². The summed E-state index contributed by atoms with van der Waals surface area (Å²) in [4.78, 5) is 20.7. The lowest BCUT2D eigenvalue weighted by atomic mass is 10.1. The number of aromatic nitrogens is 1. The van der Waals surface area contributed by atoms with E-state index in [1.807, 2.05) is 36.9 Å². The highest BCUT2D eigenvalue weighted by atomic mass is 35.5. The molecule has 3 rings (SSSR count). The summed E-state index contributed by atoms with van der Waals surface area (Å²) in [5.41, 5.74) is 8.42. The Labute approximate surface area is 154 Å². The highest BCUT2D eigenvalue weighted by molar-refractivity contribution is 5.85. The molecular formula is C16H24Cl2N4O2. The summed E-state index contributed by atoms with van der Waals surface area (Å²) in [5, 5.41) is 0. The van der Waals surface area contributed by atoms with Crippen LogP contribution >= 0.6 is 24.8 Å². The van der Waals surface area contributed by atoms with Crippen molar-refractivity contribution in [1.29, 1.82) is 0 Å². The number of carbonyl (C=O) groups excluding carboxylic acids is 1. The van der Waals surface area contributed by atoms with Crippen LogP contribution in [-0.4, -0.2) is 48.5 Å². The summed E-state index contributed by atoms with van der Waals surface area (Å²) in [5.74, 6) is 0.0224. The average molecular weight is 375 g/mol. The molecule has 1 aliphatic heterocycles. The van der Waals surface area contributed by atoms with E-state index in [2.05, 4.69) is 9.88 Å². The minimum atomic E-state index is -0.112. The SMILES string of the molecule is Cc1ccc2oc(N3CCN(C(=O)C(C)CN)CC3)nc2c1.Cl.Cl. The zero-order valence-electron chi connectivity index (χ0n) is 13.9. The van der Waals surface area contributed by atoms with Crippen molar-refractivity contribution in [2.24, 2.45) is 11.7 Å². The van der Waals surface area contributed by atoms with Crippen LogP contribution in [0.4, 0.5) is 6.01 Å². The summed E-state index contributed by atoms with van der Waals surface area (Å²) < 4.78 is 5.82. The molecule has 1 saturated heterocycles. The Kier molecular flexibility index (Phi) is 7.32. The molecule has 0 spiro atoms. The quantitative estimate of drug-likeness (QED) is 0.891. The lowest BCUT2D eigenvalue weighted by Gasteiger charge is -2.35. The van der Waals surface area contributed by atoms with Crippen molar-refractivity contribution in [3.63, 3.8) is 0 Å². The van der Waals surface area contributed by atoms with Gasteiger partial charge in [-0.1, -0.05) is 13.0 Å². The number of piperazine rings is 1. The van der Waals surface area contributed by atoms with Crippen LogP contribution in [-0.2, 0) is 4.79 Å². The number of fused-ring (bicyclic) bond motifs is 1. The van der Waals surface area contributed by atoms with E-state index in [1.165, 1.54) is 5.56 Å². The minimum Gasteiger partial charge on any atom is -0.423 e. The molecule has 0 bridgehead atoms. The Morgan fingerprint density at radius 1 is 1.29 bits per heavy atom. The van der Waals surface area contributed by atoms with Crippen LogP contribution in [0, 0.1) is 12.8 Å². The van der Waals surface area contributed by atoms with Gasteiger partial charge in [-0.05, 0) is 24.6 Å². The number of hydrogen-bond donors (Lipinski definition) is 1. The van der Waals surface area contributed by atoms with Crippen molar-refractivity contribution in [2.45, 2.75) is 13.8 Å². The minimum absolute atomic E-state index is 0. The molecule has 2 aromatic rings. The van der Waals surface area contributed by atoms with Gasteiger partial charge in [0.25, 0.3) is 6.01 Å². The highest BCUT2D eigenvalue weighted by Crippen LogP contribution is 2.23. The fourth-order valence-electron chi connectivity index (χ4n) is 2.69. The zero-order chi connectivity index (χ0) is 15.7. The number of oxazole rings is 1. The van der Waals surface area contributed by atoms with Gasteiger partial charge in [-0.25, -0.2) is 0 Å². The molecule has 1 unspecified atom stereocenters. The molecular weight excluding hydrogens is 351 g/mol. The summed E-state index contributed by atoms with van der Waals surface area (Å²) >= 11 is 0. The van der Waals surface area contributed by atoms with E-state index in [0.717, 1.165) is 24.2 Å². The summed E-state index contributed by atoms with van der Waals surface area (Å²) in [6.07, 6.45) is 0. The van der Waals surface area contributed by atoms with Crippen molar-refractivity contribution in [3.8, 4) is 0 Å². The summed E-state index contributed by atoms with van der Waals surface area (Å²) in [7, 11) is 0. The van der Waals surface area contributed by atoms with E-state index in [-0.39, 0.29) is 36.6 Å². The number of carbonyl (C=O) groups is 1. The molecule has 0 radical (unpaired) electrons. The van der Waals surface area contributed by atoms with Crippen molar-refractivity contribution in [3.05, 3.63) is 23.8 Å². The van der Waals surface area contributed by atoms with Crippen molar-refractivity contribution < 1.29 is 9.21 Å². The van der Waals surface area contributed by atoms with Gasteiger partial charge in [-0.3, -0.25) is 4.79 Å². The Morgan fingerprint density at radius 3 is 2.58 bits per heavy atom. The van der Waals surface area contributed by atoms with E-state index in [0.29, 0.717) is 25.6 Å². The first-order valence-corrected chi connectivity index (χ1v) is 7.69. The Hall–Kier alpha value is -1.50. The normalized spacial score (nSPS) is 15.6. The van der Waals surface area contributed by atoms with Gasteiger partial charge in [0.2, 0.25) is 5.91 Å². The lowest BCUT2D eigenvalue weighted by molar-refractivity contribution is -0.135. The first kappa shape index (κ1) is 20.5.